The first kappa shape index (κ1) is 28.5. The van der Waals surface area contributed by atoms with Crippen molar-refractivity contribution in [1.82, 2.24) is 8.87 Å². The summed E-state index contributed by atoms with van der Waals surface area (Å²) >= 11 is 0. The van der Waals surface area contributed by atoms with Crippen LogP contribution in [0.15, 0.2) is 84.3 Å². The van der Waals surface area contributed by atoms with E-state index in [1.54, 1.807) is 8.87 Å². The normalized spacial score (nSPS) is 13.5. The van der Waals surface area contributed by atoms with Crippen LogP contribution in [0, 0.1) is 6.92 Å². The zero-order valence-electron chi connectivity index (χ0n) is 23.5. The maximum absolute atomic E-state index is 13.6. The number of sulfonamides is 1. The molecule has 0 aliphatic heterocycles. The van der Waals surface area contributed by atoms with Gasteiger partial charge in [0.1, 0.15) is 0 Å². The predicted octanol–water partition coefficient (Wildman–Crippen LogP) is 6.99. The van der Waals surface area contributed by atoms with E-state index in [2.05, 4.69) is 24.8 Å². The molecule has 0 saturated carbocycles. The number of pyridine rings is 1. The summed E-state index contributed by atoms with van der Waals surface area (Å²) in [6, 6.07) is 21.9. The van der Waals surface area contributed by atoms with Crippen molar-refractivity contribution in [2.45, 2.75) is 59.0 Å². The molecule has 0 radical (unpaired) electrons. The second kappa shape index (κ2) is 11.7. The zero-order valence-corrected chi connectivity index (χ0v) is 24.3. The molecule has 0 fully saturated rings. The maximum Gasteiger partial charge on any atom is 0.262 e. The summed E-state index contributed by atoms with van der Waals surface area (Å²) in [4.78, 5) is 13.6. The van der Waals surface area contributed by atoms with Gasteiger partial charge in [0.25, 0.3) is 5.56 Å². The Hall–Kier alpha value is -3.48. The van der Waals surface area contributed by atoms with E-state index in [0.717, 1.165) is 58.2 Å². The molecular formula is C33H38N2O3S. The fourth-order valence-electron chi connectivity index (χ4n) is 5.43. The van der Waals surface area contributed by atoms with Crippen LogP contribution < -0.4 is 5.56 Å². The molecule has 6 heteroatoms. The van der Waals surface area contributed by atoms with Crippen LogP contribution in [0.2, 0.25) is 0 Å². The molecule has 2 atom stereocenters. The summed E-state index contributed by atoms with van der Waals surface area (Å²) in [5.41, 5.74) is 6.04. The number of aryl methyl sites for hydroxylation is 2. The molecule has 5 nitrogen and oxygen atoms in total. The van der Waals surface area contributed by atoms with Crippen LogP contribution in [0.1, 0.15) is 50.3 Å². The Labute approximate surface area is 232 Å². The molecule has 2 unspecified atom stereocenters. The fourth-order valence-corrected chi connectivity index (χ4v) is 6.99. The van der Waals surface area contributed by atoms with Crippen LogP contribution >= 0.6 is 0 Å². The summed E-state index contributed by atoms with van der Waals surface area (Å²) < 4.78 is 28.0. The smallest absolute Gasteiger partial charge is 0.262 e. The highest BCUT2D eigenvalue weighted by molar-refractivity contribution is 7.88. The Morgan fingerprint density at radius 2 is 1.64 bits per heavy atom. The van der Waals surface area contributed by atoms with Crippen molar-refractivity contribution in [3.63, 3.8) is 0 Å². The molecule has 4 aromatic rings. The lowest BCUT2D eigenvalue weighted by Crippen LogP contribution is -2.44. The van der Waals surface area contributed by atoms with Gasteiger partial charge in [-0.1, -0.05) is 68.1 Å². The number of rotatable bonds is 10. The molecule has 39 heavy (non-hydrogen) atoms. The van der Waals surface area contributed by atoms with Crippen LogP contribution in [0.25, 0.3) is 33.7 Å². The molecule has 0 bridgehead atoms. The number of fused-ring (bicyclic) bond motifs is 1. The molecule has 3 aromatic carbocycles. The SMILES string of the molecule is C=Cc1ccc(-c2cccc3c(=O)n(-c4ccc(CCC(C)N(C(C)CC)S(C)(=O)=O)cc4)cc(C)c23)cc1. The third-order valence-electron chi connectivity index (χ3n) is 7.60. The Morgan fingerprint density at radius 3 is 2.23 bits per heavy atom. The third-order valence-corrected chi connectivity index (χ3v) is 9.08. The quantitative estimate of drug-likeness (QED) is 0.217. The van der Waals surface area contributed by atoms with Gasteiger partial charge < -0.3 is 0 Å². The standard InChI is InChI=1S/C33H38N2O3S/c1-7-24(4)35(39(6,37)38)25(5)12-13-27-16-20-29(21-17-27)34-22-23(3)32-30(10-9-11-31(32)33(34)36)28-18-14-26(8-2)15-19-28/h8-11,14-22,24-25H,2,7,12-13H2,1,3-6H3. The number of benzene rings is 3. The highest BCUT2D eigenvalue weighted by atomic mass is 32.2. The van der Waals surface area contributed by atoms with Crippen molar-refractivity contribution in [2.75, 3.05) is 6.26 Å². The molecule has 1 heterocycles. The second-order valence-corrected chi connectivity index (χ2v) is 12.3. The molecule has 4 rings (SSSR count). The van der Waals surface area contributed by atoms with Gasteiger partial charge in [0, 0.05) is 29.4 Å². The van der Waals surface area contributed by atoms with Gasteiger partial charge in [-0.05, 0) is 91.4 Å². The van der Waals surface area contributed by atoms with Crippen molar-refractivity contribution in [3.05, 3.63) is 107 Å². The van der Waals surface area contributed by atoms with Crippen molar-refractivity contribution < 1.29 is 8.42 Å². The molecule has 1 aromatic heterocycles. The Balaban J connectivity index is 1.61. The van der Waals surface area contributed by atoms with Gasteiger partial charge in [0.2, 0.25) is 10.0 Å². The molecule has 0 aliphatic carbocycles. The summed E-state index contributed by atoms with van der Waals surface area (Å²) in [5, 5.41) is 1.65. The number of hydrogen-bond donors (Lipinski definition) is 0. The summed E-state index contributed by atoms with van der Waals surface area (Å²) in [6.45, 7) is 11.8. The molecule has 0 amide bonds. The third kappa shape index (κ3) is 6.07. The van der Waals surface area contributed by atoms with Gasteiger partial charge in [0.15, 0.2) is 0 Å². The van der Waals surface area contributed by atoms with Crippen LogP contribution in [0.3, 0.4) is 0 Å². The van der Waals surface area contributed by atoms with Gasteiger partial charge in [-0.3, -0.25) is 9.36 Å². The number of nitrogens with zero attached hydrogens (tertiary/aromatic N) is 2. The lowest BCUT2D eigenvalue weighted by molar-refractivity contribution is 0.259. The van der Waals surface area contributed by atoms with Crippen molar-refractivity contribution in [3.8, 4) is 16.8 Å². The van der Waals surface area contributed by atoms with E-state index in [1.165, 1.54) is 6.26 Å². The first-order valence-corrected chi connectivity index (χ1v) is 15.4. The summed E-state index contributed by atoms with van der Waals surface area (Å²) in [7, 11) is -3.28. The first-order valence-electron chi connectivity index (χ1n) is 13.5. The summed E-state index contributed by atoms with van der Waals surface area (Å²) in [5.74, 6) is 0. The Morgan fingerprint density at radius 1 is 0.974 bits per heavy atom. The minimum atomic E-state index is -3.28. The highest BCUT2D eigenvalue weighted by Crippen LogP contribution is 2.30. The zero-order chi connectivity index (χ0) is 28.3. The lowest BCUT2D eigenvalue weighted by atomic mass is 9.95. The highest BCUT2D eigenvalue weighted by Gasteiger charge is 2.27. The van der Waals surface area contributed by atoms with Gasteiger partial charge in [-0.15, -0.1) is 0 Å². The van der Waals surface area contributed by atoms with Crippen molar-refractivity contribution in [1.29, 1.82) is 0 Å². The van der Waals surface area contributed by atoms with Crippen LogP contribution in [0.4, 0.5) is 0 Å². The number of hydrogen-bond acceptors (Lipinski definition) is 3. The van der Waals surface area contributed by atoms with Gasteiger partial charge in [-0.2, -0.15) is 4.31 Å². The van der Waals surface area contributed by atoms with E-state index in [4.69, 9.17) is 0 Å². The largest absolute Gasteiger partial charge is 0.284 e. The predicted molar refractivity (Wildman–Crippen MR) is 164 cm³/mol. The van der Waals surface area contributed by atoms with Gasteiger partial charge in [-0.25, -0.2) is 8.42 Å². The molecule has 0 N–H and O–H groups in total. The molecule has 0 spiro atoms. The van der Waals surface area contributed by atoms with Crippen molar-refractivity contribution in [2.24, 2.45) is 0 Å². The van der Waals surface area contributed by atoms with E-state index in [-0.39, 0.29) is 17.6 Å². The van der Waals surface area contributed by atoms with Crippen LogP contribution in [-0.4, -0.2) is 35.6 Å². The lowest BCUT2D eigenvalue weighted by Gasteiger charge is -2.32. The van der Waals surface area contributed by atoms with E-state index in [1.807, 2.05) is 88.5 Å². The molecule has 0 aliphatic rings. The maximum atomic E-state index is 13.6. The van der Waals surface area contributed by atoms with Crippen LogP contribution in [-0.2, 0) is 16.4 Å². The Kier molecular flexibility index (Phi) is 8.57. The fraction of sp³-hybridized carbons (Fsp3) is 0.303. The molecule has 0 saturated heterocycles. The molecule has 204 valence electrons. The van der Waals surface area contributed by atoms with E-state index < -0.39 is 10.0 Å². The average Bonchev–Trinajstić information content (AvgIpc) is 2.93. The topological polar surface area (TPSA) is 59.4 Å². The average molecular weight is 543 g/mol. The van der Waals surface area contributed by atoms with Gasteiger partial charge in [0.05, 0.1) is 6.26 Å². The monoisotopic (exact) mass is 542 g/mol. The van der Waals surface area contributed by atoms with E-state index in [9.17, 15) is 13.2 Å². The van der Waals surface area contributed by atoms with Crippen LogP contribution in [0.5, 0.6) is 0 Å². The summed E-state index contributed by atoms with van der Waals surface area (Å²) in [6.07, 6.45) is 7.27. The second-order valence-electron chi connectivity index (χ2n) is 10.4. The minimum absolute atomic E-state index is 0.0348. The van der Waals surface area contributed by atoms with E-state index in [0.29, 0.717) is 5.39 Å². The Bertz CT molecular complexity index is 1640. The van der Waals surface area contributed by atoms with E-state index >= 15 is 0 Å². The first-order chi connectivity index (χ1) is 18.5. The van der Waals surface area contributed by atoms with Crippen molar-refractivity contribution >= 4 is 26.9 Å². The minimum Gasteiger partial charge on any atom is -0.284 e. The molecular weight excluding hydrogens is 504 g/mol. The number of aromatic nitrogens is 1. The van der Waals surface area contributed by atoms with Gasteiger partial charge >= 0.3 is 0 Å².